The maximum absolute atomic E-state index is 13.8. The van der Waals surface area contributed by atoms with E-state index in [2.05, 4.69) is 20.1 Å². The normalized spacial score (nSPS) is 23.0. The predicted molar refractivity (Wildman–Crippen MR) is 152 cm³/mol. The molecule has 15 nitrogen and oxygen atoms in total. The molecule has 0 spiro atoms. The van der Waals surface area contributed by atoms with Crippen molar-refractivity contribution in [3.8, 4) is 0 Å². The zero-order chi connectivity index (χ0) is 31.0. The fourth-order valence-corrected chi connectivity index (χ4v) is 6.32. The molecule has 41 heavy (non-hydrogen) atoms. The van der Waals surface area contributed by atoms with Crippen LogP contribution in [0.3, 0.4) is 0 Å². The summed E-state index contributed by atoms with van der Waals surface area (Å²) in [6.45, 7) is 11.5. The molecule has 0 bridgehead atoms. The van der Waals surface area contributed by atoms with Crippen LogP contribution in [0.5, 0.6) is 0 Å². The summed E-state index contributed by atoms with van der Waals surface area (Å²) in [6.07, 6.45) is -0.617. The van der Waals surface area contributed by atoms with E-state index in [1.54, 1.807) is 34.6 Å². The summed E-state index contributed by atoms with van der Waals surface area (Å²) >= 11 is 1.02. The van der Waals surface area contributed by atoms with Crippen LogP contribution in [0.1, 0.15) is 61.1 Å². The van der Waals surface area contributed by atoms with Crippen molar-refractivity contribution >= 4 is 30.6 Å². The Morgan fingerprint density at radius 2 is 1.98 bits per heavy atom. The molecular weight excluding hydrogens is 579 g/mol. The van der Waals surface area contributed by atoms with E-state index in [4.69, 9.17) is 24.1 Å². The molecule has 17 heteroatoms. The third kappa shape index (κ3) is 10.1. The SMILES string of the molecule is CC[C@H]1[C@@H](N=[N+]=[N-])[C@H](n2ccc(=O)[nH]c2=O)O[C@@H]1CO[P@](=O)(N[C@@H](C)C(=O)OC(C)C)OCCSC(=O)C(C)(C)C. The first-order chi connectivity index (χ1) is 19.1. The number of azide groups is 1. The Morgan fingerprint density at radius 1 is 1.29 bits per heavy atom. The zero-order valence-electron chi connectivity index (χ0n) is 24.3. The maximum Gasteiger partial charge on any atom is 0.406 e. The van der Waals surface area contributed by atoms with E-state index in [0.717, 1.165) is 22.4 Å². The van der Waals surface area contributed by atoms with Crippen molar-refractivity contribution in [3.63, 3.8) is 0 Å². The number of aromatic nitrogens is 2. The molecule has 0 radical (unpaired) electrons. The molecule has 2 rings (SSSR count). The third-order valence-corrected chi connectivity index (χ3v) is 8.92. The van der Waals surface area contributed by atoms with Crippen molar-refractivity contribution in [1.82, 2.24) is 14.6 Å². The summed E-state index contributed by atoms with van der Waals surface area (Å²) in [6, 6.07) is -0.786. The smallest absolute Gasteiger partial charge is 0.406 e. The van der Waals surface area contributed by atoms with Crippen molar-refractivity contribution in [1.29, 1.82) is 0 Å². The van der Waals surface area contributed by atoms with Crippen molar-refractivity contribution in [2.75, 3.05) is 19.0 Å². The standard InChI is InChI=1S/C24H39N6O9PS/c1-8-16-17(39-20(19(16)27-29-25)30-10-9-18(31)26-23(30)34)13-37-40(35,28-15(4)21(32)38-14(2)3)36-11-12-41-22(33)24(5,6)7/h9-10,14-17,19-20H,8,11-13H2,1-7H3,(H,28,35)(H,26,31,34)/t15-,16+,17+,19+,20+,40-/m0/s1. The highest BCUT2D eigenvalue weighted by molar-refractivity contribution is 8.13. The number of hydrogen-bond acceptors (Lipinski definition) is 11. The number of nitrogens with one attached hydrogen (secondary N) is 2. The van der Waals surface area contributed by atoms with Gasteiger partial charge in [-0.2, -0.15) is 0 Å². The van der Waals surface area contributed by atoms with E-state index < -0.39 is 66.8 Å². The van der Waals surface area contributed by atoms with Crippen molar-refractivity contribution in [2.45, 2.75) is 85.4 Å². The number of ether oxygens (including phenoxy) is 2. The van der Waals surface area contributed by atoms with Crippen LogP contribution in [-0.2, 0) is 32.7 Å². The highest BCUT2D eigenvalue weighted by atomic mass is 32.2. The Kier molecular flexibility index (Phi) is 12.8. The van der Waals surface area contributed by atoms with Gasteiger partial charge in [0.05, 0.1) is 31.5 Å². The highest BCUT2D eigenvalue weighted by Gasteiger charge is 2.46. The number of thioether (sulfide) groups is 1. The molecule has 0 aliphatic carbocycles. The lowest BCUT2D eigenvalue weighted by Crippen LogP contribution is -2.36. The van der Waals surface area contributed by atoms with Crippen LogP contribution in [0.15, 0.2) is 27.0 Å². The molecule has 1 aromatic rings. The van der Waals surface area contributed by atoms with Gasteiger partial charge in [0.25, 0.3) is 5.56 Å². The molecule has 230 valence electrons. The summed E-state index contributed by atoms with van der Waals surface area (Å²) in [5, 5.41) is 6.33. The Balaban J connectivity index is 2.24. The molecule has 0 aromatic carbocycles. The Morgan fingerprint density at radius 3 is 2.54 bits per heavy atom. The van der Waals surface area contributed by atoms with Gasteiger partial charge in [-0.05, 0) is 26.3 Å². The molecule has 1 fully saturated rings. The van der Waals surface area contributed by atoms with Gasteiger partial charge < -0.3 is 9.47 Å². The Labute approximate surface area is 242 Å². The quantitative estimate of drug-likeness (QED) is 0.0771. The topological polar surface area (TPSA) is 204 Å². The minimum absolute atomic E-state index is 0.0727. The predicted octanol–water partition coefficient (Wildman–Crippen LogP) is 3.52. The highest BCUT2D eigenvalue weighted by Crippen LogP contribution is 2.47. The number of nitrogens with zero attached hydrogens (tertiary/aromatic N) is 4. The average Bonchev–Trinajstić information content (AvgIpc) is 3.21. The van der Waals surface area contributed by atoms with Crippen LogP contribution in [0, 0.1) is 11.3 Å². The summed E-state index contributed by atoms with van der Waals surface area (Å²) in [4.78, 5) is 53.6. The van der Waals surface area contributed by atoms with E-state index in [1.807, 2.05) is 6.92 Å². The summed E-state index contributed by atoms with van der Waals surface area (Å²) < 4.78 is 37.4. The van der Waals surface area contributed by atoms with Gasteiger partial charge in [0.1, 0.15) is 12.3 Å². The first-order valence-electron chi connectivity index (χ1n) is 13.2. The summed E-state index contributed by atoms with van der Waals surface area (Å²) in [5.41, 5.74) is 7.24. The second-order valence-corrected chi connectivity index (χ2v) is 13.5. The molecule has 1 aliphatic heterocycles. The van der Waals surface area contributed by atoms with E-state index in [9.17, 15) is 23.7 Å². The largest absolute Gasteiger partial charge is 0.462 e. The molecule has 1 aliphatic rings. The van der Waals surface area contributed by atoms with Crippen molar-refractivity contribution in [2.24, 2.45) is 16.4 Å². The zero-order valence-corrected chi connectivity index (χ0v) is 26.0. The molecule has 6 atom stereocenters. The number of rotatable bonds is 14. The van der Waals surface area contributed by atoms with Crippen LogP contribution >= 0.6 is 19.5 Å². The molecule has 0 saturated carbocycles. The van der Waals surface area contributed by atoms with Gasteiger partial charge in [-0.15, -0.1) is 0 Å². The van der Waals surface area contributed by atoms with Crippen LogP contribution in [0.25, 0.3) is 10.4 Å². The first-order valence-corrected chi connectivity index (χ1v) is 15.7. The molecule has 2 N–H and O–H groups in total. The number of hydrogen-bond donors (Lipinski definition) is 2. The Hall–Kier alpha value is -2.45. The lowest BCUT2D eigenvalue weighted by molar-refractivity contribution is -0.149. The molecule has 1 aromatic heterocycles. The van der Waals surface area contributed by atoms with E-state index in [0.29, 0.717) is 6.42 Å². The molecule has 0 amide bonds. The summed E-state index contributed by atoms with van der Waals surface area (Å²) in [5.74, 6) is -0.954. The van der Waals surface area contributed by atoms with E-state index in [1.165, 1.54) is 13.1 Å². The van der Waals surface area contributed by atoms with Crippen LogP contribution in [0.2, 0.25) is 0 Å². The lowest BCUT2D eigenvalue weighted by atomic mass is 9.94. The van der Waals surface area contributed by atoms with Crippen LogP contribution < -0.4 is 16.3 Å². The fourth-order valence-electron chi connectivity index (χ4n) is 3.94. The lowest BCUT2D eigenvalue weighted by Gasteiger charge is -2.25. The van der Waals surface area contributed by atoms with Crippen molar-refractivity contribution in [3.05, 3.63) is 43.5 Å². The third-order valence-electron chi connectivity index (χ3n) is 5.96. The molecular formula is C24H39N6O9PS. The van der Waals surface area contributed by atoms with E-state index in [-0.39, 0.29) is 24.1 Å². The first kappa shape index (κ1) is 34.7. The van der Waals surface area contributed by atoms with E-state index >= 15 is 0 Å². The summed E-state index contributed by atoms with van der Waals surface area (Å²) in [7, 11) is -4.18. The number of esters is 1. The second kappa shape index (κ2) is 15.1. The number of carbonyl (C=O) groups excluding carboxylic acids is 2. The van der Waals surface area contributed by atoms with Crippen molar-refractivity contribution < 1.29 is 32.7 Å². The van der Waals surface area contributed by atoms with Crippen LogP contribution in [-0.4, -0.2) is 63.9 Å². The Bertz CT molecular complexity index is 1270. The number of aromatic amines is 1. The minimum Gasteiger partial charge on any atom is -0.462 e. The average molecular weight is 619 g/mol. The monoisotopic (exact) mass is 618 g/mol. The second-order valence-electron chi connectivity index (χ2n) is 10.7. The molecule has 2 heterocycles. The fraction of sp³-hybridized carbons (Fsp3) is 0.750. The van der Waals surface area contributed by atoms with Gasteiger partial charge in [0, 0.05) is 34.3 Å². The molecule has 1 saturated heterocycles. The van der Waals surface area contributed by atoms with Gasteiger partial charge in [0.15, 0.2) is 5.12 Å². The maximum atomic E-state index is 13.8. The number of carbonyl (C=O) groups is 2. The van der Waals surface area contributed by atoms with Gasteiger partial charge in [0.2, 0.25) is 0 Å². The van der Waals surface area contributed by atoms with Crippen LogP contribution in [0.4, 0.5) is 0 Å². The number of H-pyrrole nitrogens is 1. The van der Waals surface area contributed by atoms with Gasteiger partial charge in [-0.3, -0.25) is 33.0 Å². The van der Waals surface area contributed by atoms with Gasteiger partial charge in [-0.25, -0.2) is 14.4 Å². The van der Waals surface area contributed by atoms with Gasteiger partial charge >= 0.3 is 19.4 Å². The molecule has 0 unspecified atom stereocenters. The van der Waals surface area contributed by atoms with Gasteiger partial charge in [-0.1, -0.05) is 51.0 Å². The minimum atomic E-state index is -4.18.